The lowest BCUT2D eigenvalue weighted by Gasteiger charge is -2.44. The zero-order valence-electron chi connectivity index (χ0n) is 15.3. The second-order valence-corrected chi connectivity index (χ2v) is 10.8. The minimum atomic E-state index is -3.07. The zero-order chi connectivity index (χ0) is 17.6. The van der Waals surface area contributed by atoms with Crippen molar-refractivity contribution in [1.29, 1.82) is 0 Å². The van der Waals surface area contributed by atoms with Crippen molar-refractivity contribution in [2.45, 2.75) is 75.1 Å². The van der Waals surface area contributed by atoms with Gasteiger partial charge in [-0.3, -0.25) is 4.79 Å². The number of sulfonamides is 1. The summed E-state index contributed by atoms with van der Waals surface area (Å²) >= 11 is 0. The van der Waals surface area contributed by atoms with Crippen LogP contribution in [0.4, 0.5) is 0 Å². The Morgan fingerprint density at radius 2 is 1.54 bits per heavy atom. The summed E-state index contributed by atoms with van der Waals surface area (Å²) in [7, 11) is -3.07. The first-order valence-electron chi connectivity index (χ1n) is 10.00. The third kappa shape index (κ3) is 4.05. The van der Waals surface area contributed by atoms with Crippen LogP contribution in [0.1, 0.15) is 57.8 Å². The van der Waals surface area contributed by atoms with Gasteiger partial charge in [0.05, 0.1) is 5.25 Å². The van der Waals surface area contributed by atoms with Crippen molar-refractivity contribution in [2.75, 3.05) is 13.1 Å². The van der Waals surface area contributed by atoms with Crippen LogP contribution in [0.15, 0.2) is 0 Å². The van der Waals surface area contributed by atoms with Crippen LogP contribution in [-0.4, -0.2) is 49.1 Å². The number of fused-ring (bicyclic) bond motifs is 2. The normalized spacial score (nSPS) is 36.2. The van der Waals surface area contributed by atoms with E-state index in [1.54, 1.807) is 4.31 Å². The highest BCUT2D eigenvalue weighted by molar-refractivity contribution is 7.90. The Kier molecular flexibility index (Phi) is 6.22. The van der Waals surface area contributed by atoms with Crippen LogP contribution in [-0.2, 0) is 14.8 Å². The molecule has 2 atom stereocenters. The van der Waals surface area contributed by atoms with Crippen molar-refractivity contribution in [3.05, 3.63) is 0 Å². The molecule has 4 fully saturated rings. The molecule has 3 aliphatic carbocycles. The number of nitrogens with two attached hydrogens (primary N) is 1. The summed E-state index contributed by atoms with van der Waals surface area (Å²) in [6.45, 7) is 1.09. The molecule has 6 nitrogen and oxygen atoms in total. The zero-order valence-corrected chi connectivity index (χ0v) is 16.9. The van der Waals surface area contributed by atoms with Crippen LogP contribution in [0.3, 0.4) is 0 Å². The number of amides is 1. The van der Waals surface area contributed by atoms with Gasteiger partial charge in [0.25, 0.3) is 0 Å². The summed E-state index contributed by atoms with van der Waals surface area (Å²) in [6, 6.07) is 0.405. The van der Waals surface area contributed by atoms with E-state index in [1.807, 2.05) is 0 Å². The Morgan fingerprint density at radius 1 is 0.962 bits per heavy atom. The summed E-state index contributed by atoms with van der Waals surface area (Å²) < 4.78 is 26.2. The van der Waals surface area contributed by atoms with Crippen molar-refractivity contribution in [3.63, 3.8) is 0 Å². The van der Waals surface area contributed by atoms with Crippen LogP contribution in [0.5, 0.6) is 0 Å². The number of rotatable bonds is 4. The molecule has 4 aliphatic rings. The molecule has 0 aromatic heterocycles. The predicted octanol–water partition coefficient (Wildman–Crippen LogP) is 1.63. The lowest BCUT2D eigenvalue weighted by atomic mass is 9.65. The first-order chi connectivity index (χ1) is 11.9. The second kappa shape index (κ2) is 7.94. The molecule has 3 saturated carbocycles. The summed E-state index contributed by atoms with van der Waals surface area (Å²) in [5.74, 6) is 1.29. The minimum absolute atomic E-state index is 0. The fraction of sp³-hybridized carbons (Fsp3) is 0.944. The Bertz CT molecular complexity index is 603. The fourth-order valence-electron chi connectivity index (χ4n) is 5.15. The van der Waals surface area contributed by atoms with E-state index in [1.165, 1.54) is 19.3 Å². The maximum absolute atomic E-state index is 12.7. The number of piperidine rings is 1. The average molecular weight is 406 g/mol. The van der Waals surface area contributed by atoms with Gasteiger partial charge < -0.3 is 11.1 Å². The lowest BCUT2D eigenvalue weighted by molar-refractivity contribution is -0.128. The van der Waals surface area contributed by atoms with Gasteiger partial charge in [0, 0.05) is 31.1 Å². The predicted molar refractivity (Wildman–Crippen MR) is 103 cm³/mol. The van der Waals surface area contributed by atoms with Crippen LogP contribution < -0.4 is 11.1 Å². The van der Waals surface area contributed by atoms with E-state index in [4.69, 9.17) is 5.73 Å². The summed E-state index contributed by atoms with van der Waals surface area (Å²) in [5, 5.41) is 3.07. The highest BCUT2D eigenvalue weighted by Gasteiger charge is 2.43. The molecule has 3 N–H and O–H groups in total. The van der Waals surface area contributed by atoms with E-state index < -0.39 is 10.0 Å². The number of hydrogen-bond donors (Lipinski definition) is 2. The van der Waals surface area contributed by atoms with Crippen LogP contribution >= 0.6 is 12.4 Å². The summed E-state index contributed by atoms with van der Waals surface area (Å²) in [4.78, 5) is 12.7. The van der Waals surface area contributed by atoms with Gasteiger partial charge in [-0.1, -0.05) is 6.42 Å². The van der Waals surface area contributed by atoms with Gasteiger partial charge in [0.1, 0.15) is 0 Å². The molecule has 1 saturated heterocycles. The molecule has 1 heterocycles. The summed E-state index contributed by atoms with van der Waals surface area (Å²) in [5.41, 5.74) is 6.32. The van der Waals surface area contributed by atoms with Gasteiger partial charge in [-0.25, -0.2) is 12.7 Å². The smallest absolute Gasteiger partial charge is 0.223 e. The molecule has 26 heavy (non-hydrogen) atoms. The molecule has 150 valence electrons. The second-order valence-electron chi connectivity index (χ2n) is 8.62. The maximum Gasteiger partial charge on any atom is 0.223 e. The largest absolute Gasteiger partial charge is 0.353 e. The number of nitrogens with one attached hydrogen (secondary N) is 1. The number of hydrogen-bond acceptors (Lipinski definition) is 4. The highest BCUT2D eigenvalue weighted by Crippen LogP contribution is 2.42. The van der Waals surface area contributed by atoms with E-state index in [0.717, 1.165) is 38.5 Å². The molecule has 2 bridgehead atoms. The fourth-order valence-corrected chi connectivity index (χ4v) is 7.03. The molecule has 1 amide bonds. The van der Waals surface area contributed by atoms with Crippen LogP contribution in [0.25, 0.3) is 0 Å². The van der Waals surface area contributed by atoms with Gasteiger partial charge in [-0.05, 0) is 63.2 Å². The number of halogens is 1. The standard InChI is InChI=1S/C18H31N3O3S.ClH/c19-17-12-2-1-3-13(17)11-14(10-12)18(22)20-15-6-8-21(9-7-15)25(23,24)16-4-5-16;/h12-17H,1-11,19H2,(H,20,22);1H. The van der Waals surface area contributed by atoms with Crippen molar-refractivity contribution in [3.8, 4) is 0 Å². The third-order valence-electron chi connectivity index (χ3n) is 6.89. The van der Waals surface area contributed by atoms with Gasteiger partial charge in [-0.15, -0.1) is 12.4 Å². The summed E-state index contributed by atoms with van der Waals surface area (Å²) in [6.07, 6.45) is 8.53. The van der Waals surface area contributed by atoms with Crippen molar-refractivity contribution >= 4 is 28.3 Å². The molecule has 1 aliphatic heterocycles. The molecule has 0 aromatic rings. The molecule has 0 spiro atoms. The molecular formula is C18H32ClN3O3S. The van der Waals surface area contributed by atoms with Crippen molar-refractivity contribution < 1.29 is 13.2 Å². The number of carbonyl (C=O) groups is 1. The molecular weight excluding hydrogens is 374 g/mol. The monoisotopic (exact) mass is 405 g/mol. The highest BCUT2D eigenvalue weighted by atomic mass is 35.5. The quantitative estimate of drug-likeness (QED) is 0.743. The minimum Gasteiger partial charge on any atom is -0.353 e. The van der Waals surface area contributed by atoms with Gasteiger partial charge in [0.2, 0.25) is 15.9 Å². The van der Waals surface area contributed by atoms with Gasteiger partial charge in [0.15, 0.2) is 0 Å². The van der Waals surface area contributed by atoms with E-state index in [0.29, 0.717) is 24.9 Å². The van der Waals surface area contributed by atoms with Crippen LogP contribution in [0, 0.1) is 17.8 Å². The maximum atomic E-state index is 12.7. The van der Waals surface area contributed by atoms with Gasteiger partial charge in [-0.2, -0.15) is 0 Å². The van der Waals surface area contributed by atoms with E-state index in [2.05, 4.69) is 5.32 Å². The Labute approximate surface area is 163 Å². The Balaban J connectivity index is 0.00000196. The molecule has 2 unspecified atom stereocenters. The Hall–Kier alpha value is -0.370. The first-order valence-corrected chi connectivity index (χ1v) is 11.5. The van der Waals surface area contributed by atoms with Gasteiger partial charge >= 0.3 is 0 Å². The third-order valence-corrected chi connectivity index (χ3v) is 9.29. The Morgan fingerprint density at radius 3 is 2.08 bits per heavy atom. The van der Waals surface area contributed by atoms with Crippen molar-refractivity contribution in [2.24, 2.45) is 23.5 Å². The molecule has 0 radical (unpaired) electrons. The molecule has 8 heteroatoms. The molecule has 4 rings (SSSR count). The van der Waals surface area contributed by atoms with E-state index >= 15 is 0 Å². The number of nitrogens with zero attached hydrogens (tertiary/aromatic N) is 1. The lowest BCUT2D eigenvalue weighted by Crippen LogP contribution is -2.52. The van der Waals surface area contributed by atoms with Crippen LogP contribution in [0.2, 0.25) is 0 Å². The number of carbonyl (C=O) groups excluding carboxylic acids is 1. The molecule has 0 aromatic carbocycles. The van der Waals surface area contributed by atoms with E-state index in [9.17, 15) is 13.2 Å². The van der Waals surface area contributed by atoms with E-state index in [-0.39, 0.29) is 41.6 Å². The first kappa shape index (κ1) is 20.4. The topological polar surface area (TPSA) is 92.5 Å². The van der Waals surface area contributed by atoms with Crippen molar-refractivity contribution in [1.82, 2.24) is 9.62 Å². The average Bonchev–Trinajstić information content (AvgIpc) is 3.40. The SMILES string of the molecule is Cl.NC1C2CCCC1CC(C(=O)NC1CCN(S(=O)(=O)C3CC3)CC1)C2.